The van der Waals surface area contributed by atoms with E-state index in [1.165, 1.54) is 0 Å². The first kappa shape index (κ1) is 13.8. The molecule has 0 radical (unpaired) electrons. The van der Waals surface area contributed by atoms with Crippen LogP contribution in [-0.4, -0.2) is 6.43 Å². The summed E-state index contributed by atoms with van der Waals surface area (Å²) in [6, 6.07) is 6.53. The first-order valence-corrected chi connectivity index (χ1v) is 4.68. The van der Waals surface area contributed by atoms with Crippen LogP contribution >= 0.6 is 28.3 Å². The van der Waals surface area contributed by atoms with Crippen molar-refractivity contribution in [3.05, 3.63) is 34.3 Å². The number of nitrogens with two attached hydrogens (primary N) is 1. The van der Waals surface area contributed by atoms with E-state index < -0.39 is 12.5 Å². The molecule has 2 N–H and O–H groups in total. The molecule has 0 aromatic heterocycles. The molecule has 0 aliphatic rings. The van der Waals surface area contributed by atoms with E-state index in [4.69, 9.17) is 5.73 Å². The third kappa shape index (κ3) is 4.35. The van der Waals surface area contributed by atoms with Crippen molar-refractivity contribution in [2.45, 2.75) is 18.9 Å². The maximum atomic E-state index is 12.0. The quantitative estimate of drug-likeness (QED) is 0.904. The van der Waals surface area contributed by atoms with Gasteiger partial charge in [0.15, 0.2) is 0 Å². The Morgan fingerprint density at radius 1 is 1.36 bits per heavy atom. The Kier molecular flexibility index (Phi) is 6.24. The molecule has 5 heteroatoms. The van der Waals surface area contributed by atoms with Crippen LogP contribution in [0.15, 0.2) is 28.7 Å². The third-order valence-electron chi connectivity index (χ3n) is 1.71. The van der Waals surface area contributed by atoms with Gasteiger partial charge in [0.25, 0.3) is 0 Å². The van der Waals surface area contributed by atoms with Gasteiger partial charge in [0.2, 0.25) is 6.43 Å². The molecule has 0 aliphatic carbocycles. The van der Waals surface area contributed by atoms with E-state index in [-0.39, 0.29) is 18.8 Å². The summed E-state index contributed by atoms with van der Waals surface area (Å²) in [7, 11) is 0. The van der Waals surface area contributed by atoms with E-state index in [2.05, 4.69) is 15.9 Å². The van der Waals surface area contributed by atoms with Gasteiger partial charge in [0, 0.05) is 16.9 Å². The Morgan fingerprint density at radius 3 is 2.50 bits per heavy atom. The van der Waals surface area contributed by atoms with Crippen molar-refractivity contribution in [1.29, 1.82) is 0 Å². The third-order valence-corrected chi connectivity index (χ3v) is 2.20. The normalized spacial score (nSPS) is 12.4. The number of benzene rings is 1. The molecule has 0 unspecified atom stereocenters. The highest BCUT2D eigenvalue weighted by Gasteiger charge is 2.12. The second-order valence-electron chi connectivity index (χ2n) is 2.79. The molecular formula is C9H11BrClF2N. The van der Waals surface area contributed by atoms with Gasteiger partial charge in [-0.3, -0.25) is 0 Å². The van der Waals surface area contributed by atoms with Gasteiger partial charge in [-0.15, -0.1) is 12.4 Å². The van der Waals surface area contributed by atoms with Gasteiger partial charge in [-0.1, -0.05) is 28.1 Å². The lowest BCUT2D eigenvalue weighted by Crippen LogP contribution is -2.13. The molecular weight excluding hydrogens is 275 g/mol. The molecule has 1 atom stereocenters. The fourth-order valence-electron chi connectivity index (χ4n) is 1.07. The molecule has 1 aromatic carbocycles. The van der Waals surface area contributed by atoms with Crippen molar-refractivity contribution in [2.24, 2.45) is 5.73 Å². The van der Waals surface area contributed by atoms with Crippen LogP contribution in [0.2, 0.25) is 0 Å². The van der Waals surface area contributed by atoms with Gasteiger partial charge in [-0.25, -0.2) is 8.78 Å². The number of alkyl halides is 2. The molecule has 0 aliphatic heterocycles. The zero-order chi connectivity index (χ0) is 9.84. The lowest BCUT2D eigenvalue weighted by Gasteiger charge is -2.11. The second kappa shape index (κ2) is 6.32. The second-order valence-corrected chi connectivity index (χ2v) is 3.70. The average Bonchev–Trinajstić information content (AvgIpc) is 2.03. The molecule has 0 saturated carbocycles. The number of hydrogen-bond donors (Lipinski definition) is 1. The fourth-order valence-corrected chi connectivity index (χ4v) is 1.48. The lowest BCUT2D eigenvalue weighted by atomic mass is 10.1. The minimum absolute atomic E-state index is 0. The van der Waals surface area contributed by atoms with Crippen molar-refractivity contribution in [2.75, 3.05) is 0 Å². The molecule has 14 heavy (non-hydrogen) atoms. The highest BCUT2D eigenvalue weighted by atomic mass is 79.9. The fraction of sp³-hybridized carbons (Fsp3) is 0.333. The smallest absolute Gasteiger partial charge is 0.240 e. The van der Waals surface area contributed by atoms with Crippen molar-refractivity contribution in [3.63, 3.8) is 0 Å². The van der Waals surface area contributed by atoms with E-state index >= 15 is 0 Å². The summed E-state index contributed by atoms with van der Waals surface area (Å²) >= 11 is 3.25. The Hall–Kier alpha value is -0.190. The molecule has 80 valence electrons. The van der Waals surface area contributed by atoms with Crippen LogP contribution in [0.25, 0.3) is 0 Å². The van der Waals surface area contributed by atoms with Gasteiger partial charge in [-0.05, 0) is 17.7 Å². The topological polar surface area (TPSA) is 26.0 Å². The predicted molar refractivity (Wildman–Crippen MR) is 58.9 cm³/mol. The summed E-state index contributed by atoms with van der Waals surface area (Å²) in [6.45, 7) is 0. The molecule has 0 spiro atoms. The number of rotatable bonds is 3. The summed E-state index contributed by atoms with van der Waals surface area (Å²) in [5.41, 5.74) is 6.30. The molecule has 1 rings (SSSR count). The maximum absolute atomic E-state index is 12.0. The van der Waals surface area contributed by atoms with Gasteiger partial charge in [0.05, 0.1) is 0 Å². The van der Waals surface area contributed by atoms with Crippen molar-refractivity contribution in [1.82, 2.24) is 0 Å². The number of hydrogen-bond acceptors (Lipinski definition) is 1. The summed E-state index contributed by atoms with van der Waals surface area (Å²) in [4.78, 5) is 0. The Bertz CT molecular complexity index is 283. The van der Waals surface area contributed by atoms with Crippen molar-refractivity contribution in [3.8, 4) is 0 Å². The van der Waals surface area contributed by atoms with E-state index in [1.807, 2.05) is 6.07 Å². The summed E-state index contributed by atoms with van der Waals surface area (Å²) in [6.07, 6.45) is -2.65. The lowest BCUT2D eigenvalue weighted by molar-refractivity contribution is 0.128. The van der Waals surface area contributed by atoms with Crippen molar-refractivity contribution >= 4 is 28.3 Å². The maximum Gasteiger partial charge on any atom is 0.240 e. The Labute approximate surface area is 96.2 Å². The minimum atomic E-state index is -2.35. The van der Waals surface area contributed by atoms with Gasteiger partial charge in [0.1, 0.15) is 0 Å². The van der Waals surface area contributed by atoms with Crippen LogP contribution in [0.5, 0.6) is 0 Å². The van der Waals surface area contributed by atoms with Gasteiger partial charge >= 0.3 is 0 Å². The molecule has 0 fully saturated rings. The van der Waals surface area contributed by atoms with Crippen LogP contribution < -0.4 is 5.73 Å². The van der Waals surface area contributed by atoms with Crippen LogP contribution in [0.1, 0.15) is 18.0 Å². The van der Waals surface area contributed by atoms with Crippen LogP contribution in [0.4, 0.5) is 8.78 Å². The average molecular weight is 287 g/mol. The van der Waals surface area contributed by atoms with Crippen LogP contribution in [-0.2, 0) is 0 Å². The molecule has 0 heterocycles. The SMILES string of the molecule is Cl.N[C@@H](CC(F)F)c1cccc(Br)c1. The molecule has 1 nitrogen and oxygen atoms in total. The van der Waals surface area contributed by atoms with Crippen LogP contribution in [0, 0.1) is 0 Å². The molecule has 0 amide bonds. The van der Waals surface area contributed by atoms with E-state index in [9.17, 15) is 8.78 Å². The zero-order valence-corrected chi connectivity index (χ0v) is 9.69. The highest BCUT2D eigenvalue weighted by Crippen LogP contribution is 2.21. The van der Waals surface area contributed by atoms with Crippen molar-refractivity contribution < 1.29 is 8.78 Å². The monoisotopic (exact) mass is 285 g/mol. The first-order chi connectivity index (χ1) is 6.09. The molecule has 0 saturated heterocycles. The summed E-state index contributed by atoms with van der Waals surface area (Å²) < 4.78 is 24.8. The largest absolute Gasteiger partial charge is 0.324 e. The van der Waals surface area contributed by atoms with E-state index in [1.54, 1.807) is 18.2 Å². The first-order valence-electron chi connectivity index (χ1n) is 3.89. The standard InChI is InChI=1S/C9H10BrF2N.ClH/c10-7-3-1-2-6(4-7)8(13)5-9(11)12;/h1-4,8-9H,5,13H2;1H/t8-;/m0./s1. The molecule has 1 aromatic rings. The van der Waals surface area contributed by atoms with Gasteiger partial charge in [-0.2, -0.15) is 0 Å². The summed E-state index contributed by atoms with van der Waals surface area (Å²) in [5.74, 6) is 0. The Morgan fingerprint density at radius 2 is 2.00 bits per heavy atom. The minimum Gasteiger partial charge on any atom is -0.324 e. The van der Waals surface area contributed by atoms with E-state index in [0.717, 1.165) is 10.0 Å². The summed E-state index contributed by atoms with van der Waals surface area (Å²) in [5, 5.41) is 0. The molecule has 0 bridgehead atoms. The van der Waals surface area contributed by atoms with Gasteiger partial charge < -0.3 is 5.73 Å². The van der Waals surface area contributed by atoms with Crippen LogP contribution in [0.3, 0.4) is 0 Å². The highest BCUT2D eigenvalue weighted by molar-refractivity contribution is 9.10. The number of halogens is 4. The van der Waals surface area contributed by atoms with E-state index in [0.29, 0.717) is 0 Å². The predicted octanol–water partition coefficient (Wildman–Crippen LogP) is 3.53. The Balaban J connectivity index is 0.00000169. The zero-order valence-electron chi connectivity index (χ0n) is 7.29.